The van der Waals surface area contributed by atoms with E-state index in [1.165, 1.54) is 11.3 Å². The highest BCUT2D eigenvalue weighted by Gasteiger charge is 2.12. The van der Waals surface area contributed by atoms with Crippen LogP contribution in [0.5, 0.6) is 0 Å². The first kappa shape index (κ1) is 12.5. The minimum Gasteiger partial charge on any atom is -0.462 e. The third kappa shape index (κ3) is 3.04. The van der Waals surface area contributed by atoms with Gasteiger partial charge in [-0.3, -0.25) is 0 Å². The maximum absolute atomic E-state index is 11.7. The van der Waals surface area contributed by atoms with E-state index in [1.807, 2.05) is 5.38 Å². The summed E-state index contributed by atoms with van der Waals surface area (Å²) in [7, 11) is 0. The van der Waals surface area contributed by atoms with Gasteiger partial charge < -0.3 is 10.1 Å². The van der Waals surface area contributed by atoms with Crippen molar-refractivity contribution in [3.63, 3.8) is 0 Å². The largest absolute Gasteiger partial charge is 0.462 e. The summed E-state index contributed by atoms with van der Waals surface area (Å²) in [5.41, 5.74) is 3.12. The van der Waals surface area contributed by atoms with Crippen LogP contribution in [0.15, 0.2) is 29.2 Å². The van der Waals surface area contributed by atoms with Crippen LogP contribution in [0.1, 0.15) is 23.0 Å². The SMILES string of the molecule is CCOC(=O)c1cccnc1NCc1cscn1. The Morgan fingerprint density at radius 1 is 1.50 bits per heavy atom. The molecular weight excluding hydrogens is 250 g/mol. The zero-order valence-electron chi connectivity index (χ0n) is 9.92. The van der Waals surface area contributed by atoms with Crippen molar-refractivity contribution >= 4 is 23.1 Å². The second-order valence-electron chi connectivity index (χ2n) is 3.45. The van der Waals surface area contributed by atoms with E-state index in [2.05, 4.69) is 15.3 Å². The average molecular weight is 263 g/mol. The summed E-state index contributed by atoms with van der Waals surface area (Å²) in [6.07, 6.45) is 1.63. The van der Waals surface area contributed by atoms with E-state index in [4.69, 9.17) is 4.74 Å². The number of thiazole rings is 1. The van der Waals surface area contributed by atoms with Gasteiger partial charge in [-0.05, 0) is 19.1 Å². The lowest BCUT2D eigenvalue weighted by molar-refractivity contribution is 0.0527. The second kappa shape index (κ2) is 6.11. The smallest absolute Gasteiger partial charge is 0.341 e. The van der Waals surface area contributed by atoms with Crippen molar-refractivity contribution in [1.29, 1.82) is 0 Å². The van der Waals surface area contributed by atoms with Crippen molar-refractivity contribution in [1.82, 2.24) is 9.97 Å². The van der Waals surface area contributed by atoms with E-state index >= 15 is 0 Å². The summed E-state index contributed by atoms with van der Waals surface area (Å²) in [6.45, 7) is 2.66. The van der Waals surface area contributed by atoms with Crippen LogP contribution in [0.2, 0.25) is 0 Å². The third-order valence-corrected chi connectivity index (χ3v) is 2.86. The zero-order chi connectivity index (χ0) is 12.8. The van der Waals surface area contributed by atoms with Gasteiger partial charge in [-0.1, -0.05) is 0 Å². The molecule has 0 radical (unpaired) electrons. The van der Waals surface area contributed by atoms with Gasteiger partial charge in [0.15, 0.2) is 0 Å². The number of esters is 1. The normalized spacial score (nSPS) is 10.1. The Hall–Kier alpha value is -1.95. The molecule has 18 heavy (non-hydrogen) atoms. The Kier molecular flexibility index (Phi) is 4.25. The molecular formula is C12H13N3O2S. The Bertz CT molecular complexity index is 514. The molecule has 2 rings (SSSR count). The summed E-state index contributed by atoms with van der Waals surface area (Å²) in [5, 5.41) is 5.03. The van der Waals surface area contributed by atoms with E-state index in [0.717, 1.165) is 5.69 Å². The lowest BCUT2D eigenvalue weighted by atomic mass is 10.2. The standard InChI is InChI=1S/C12H13N3O2S/c1-2-17-12(16)10-4-3-5-13-11(10)14-6-9-7-18-8-15-9/h3-5,7-8H,2,6H2,1H3,(H,13,14). The van der Waals surface area contributed by atoms with Crippen LogP contribution < -0.4 is 5.32 Å². The Morgan fingerprint density at radius 2 is 2.39 bits per heavy atom. The van der Waals surface area contributed by atoms with E-state index in [1.54, 1.807) is 30.8 Å². The summed E-state index contributed by atoms with van der Waals surface area (Å²) < 4.78 is 4.97. The predicted octanol–water partition coefficient (Wildman–Crippen LogP) is 2.33. The van der Waals surface area contributed by atoms with Gasteiger partial charge in [-0.15, -0.1) is 11.3 Å². The maximum atomic E-state index is 11.7. The van der Waals surface area contributed by atoms with Gasteiger partial charge in [0.25, 0.3) is 0 Å². The first-order valence-corrected chi connectivity index (χ1v) is 6.48. The van der Waals surface area contributed by atoms with Crippen LogP contribution in [-0.4, -0.2) is 22.5 Å². The summed E-state index contributed by atoms with van der Waals surface area (Å²) in [5.74, 6) is 0.148. The molecule has 0 bridgehead atoms. The fourth-order valence-electron chi connectivity index (χ4n) is 1.42. The van der Waals surface area contributed by atoms with Gasteiger partial charge in [-0.2, -0.15) is 0 Å². The Morgan fingerprint density at radius 3 is 3.11 bits per heavy atom. The molecule has 0 atom stereocenters. The van der Waals surface area contributed by atoms with Crippen molar-refractivity contribution in [3.8, 4) is 0 Å². The molecule has 2 heterocycles. The highest BCUT2D eigenvalue weighted by molar-refractivity contribution is 7.07. The van der Waals surface area contributed by atoms with Gasteiger partial charge in [0, 0.05) is 11.6 Å². The molecule has 2 aromatic rings. The number of nitrogens with zero attached hydrogens (tertiary/aromatic N) is 2. The van der Waals surface area contributed by atoms with Crippen molar-refractivity contribution in [2.24, 2.45) is 0 Å². The number of ether oxygens (including phenoxy) is 1. The monoisotopic (exact) mass is 263 g/mol. The molecule has 0 aliphatic rings. The molecule has 0 spiro atoms. The topological polar surface area (TPSA) is 64.1 Å². The summed E-state index contributed by atoms with van der Waals surface area (Å²) in [4.78, 5) is 20.0. The molecule has 0 saturated carbocycles. The molecule has 1 N–H and O–H groups in total. The van der Waals surface area contributed by atoms with Gasteiger partial charge >= 0.3 is 5.97 Å². The molecule has 0 saturated heterocycles. The number of aromatic nitrogens is 2. The molecule has 0 amide bonds. The van der Waals surface area contributed by atoms with E-state index in [0.29, 0.717) is 24.5 Å². The average Bonchev–Trinajstić information content (AvgIpc) is 2.90. The van der Waals surface area contributed by atoms with Gasteiger partial charge in [0.05, 0.1) is 24.4 Å². The van der Waals surface area contributed by atoms with Crippen molar-refractivity contribution in [2.45, 2.75) is 13.5 Å². The first-order chi connectivity index (χ1) is 8.81. The Labute approximate surface area is 109 Å². The van der Waals surface area contributed by atoms with E-state index in [-0.39, 0.29) is 5.97 Å². The number of nitrogens with one attached hydrogen (secondary N) is 1. The number of carbonyl (C=O) groups is 1. The molecule has 0 aliphatic heterocycles. The van der Waals surface area contributed by atoms with E-state index < -0.39 is 0 Å². The van der Waals surface area contributed by atoms with Gasteiger partial charge in [0.2, 0.25) is 0 Å². The number of rotatable bonds is 5. The molecule has 0 unspecified atom stereocenters. The number of carbonyl (C=O) groups excluding carboxylic acids is 1. The molecule has 5 nitrogen and oxygen atoms in total. The van der Waals surface area contributed by atoms with Crippen LogP contribution in [0.25, 0.3) is 0 Å². The highest BCUT2D eigenvalue weighted by Crippen LogP contribution is 2.14. The number of hydrogen-bond acceptors (Lipinski definition) is 6. The van der Waals surface area contributed by atoms with Crippen molar-refractivity contribution < 1.29 is 9.53 Å². The second-order valence-corrected chi connectivity index (χ2v) is 4.17. The number of pyridine rings is 1. The molecule has 2 aromatic heterocycles. The van der Waals surface area contributed by atoms with E-state index in [9.17, 15) is 4.79 Å². The summed E-state index contributed by atoms with van der Waals surface area (Å²) >= 11 is 1.53. The van der Waals surface area contributed by atoms with Gasteiger partial charge in [-0.25, -0.2) is 14.8 Å². The van der Waals surface area contributed by atoms with Crippen molar-refractivity contribution in [3.05, 3.63) is 40.5 Å². The van der Waals surface area contributed by atoms with Crippen LogP contribution in [0.4, 0.5) is 5.82 Å². The molecule has 6 heteroatoms. The third-order valence-electron chi connectivity index (χ3n) is 2.22. The fraction of sp³-hybridized carbons (Fsp3) is 0.250. The van der Waals surface area contributed by atoms with Crippen LogP contribution in [0, 0.1) is 0 Å². The first-order valence-electron chi connectivity index (χ1n) is 5.54. The summed E-state index contributed by atoms with van der Waals surface area (Å²) in [6, 6.07) is 3.40. The molecule has 0 fully saturated rings. The quantitative estimate of drug-likeness (QED) is 0.839. The number of hydrogen-bond donors (Lipinski definition) is 1. The molecule has 0 aromatic carbocycles. The molecule has 94 valence electrons. The molecule has 0 aliphatic carbocycles. The minimum atomic E-state index is -0.369. The number of anilines is 1. The van der Waals surface area contributed by atoms with Crippen LogP contribution >= 0.6 is 11.3 Å². The Balaban J connectivity index is 2.09. The predicted molar refractivity (Wildman–Crippen MR) is 69.6 cm³/mol. The maximum Gasteiger partial charge on any atom is 0.341 e. The highest BCUT2D eigenvalue weighted by atomic mass is 32.1. The van der Waals surface area contributed by atoms with Crippen molar-refractivity contribution in [2.75, 3.05) is 11.9 Å². The fourth-order valence-corrected chi connectivity index (χ4v) is 1.98. The lowest BCUT2D eigenvalue weighted by Gasteiger charge is -2.08. The lowest BCUT2D eigenvalue weighted by Crippen LogP contribution is -2.11. The van der Waals surface area contributed by atoms with Crippen LogP contribution in [0.3, 0.4) is 0 Å². The van der Waals surface area contributed by atoms with Crippen LogP contribution in [-0.2, 0) is 11.3 Å². The van der Waals surface area contributed by atoms with Gasteiger partial charge in [0.1, 0.15) is 11.4 Å². The zero-order valence-corrected chi connectivity index (χ0v) is 10.7. The minimum absolute atomic E-state index is 0.346.